The van der Waals surface area contributed by atoms with Gasteiger partial charge in [0.25, 0.3) is 0 Å². The Morgan fingerprint density at radius 2 is 1.79 bits per heavy atom. The number of anilines is 1. The van der Waals surface area contributed by atoms with E-state index in [1.54, 1.807) is 27.7 Å². The molecule has 210 valence electrons. The Bertz CT molecular complexity index is 1150. The molecular weight excluding hydrogens is 506 g/mol. The van der Waals surface area contributed by atoms with Crippen molar-refractivity contribution in [2.24, 2.45) is 5.41 Å². The van der Waals surface area contributed by atoms with Gasteiger partial charge in [-0.2, -0.15) is 13.2 Å². The zero-order valence-corrected chi connectivity index (χ0v) is 22.6. The maximum Gasteiger partial charge on any atom is 0.392 e. The van der Waals surface area contributed by atoms with Gasteiger partial charge in [-0.15, -0.1) is 0 Å². The van der Waals surface area contributed by atoms with E-state index >= 15 is 0 Å². The summed E-state index contributed by atoms with van der Waals surface area (Å²) in [6, 6.07) is 1.11. The highest BCUT2D eigenvalue weighted by Gasteiger charge is 2.36. The van der Waals surface area contributed by atoms with Gasteiger partial charge >= 0.3 is 12.1 Å². The van der Waals surface area contributed by atoms with Gasteiger partial charge in [-0.25, -0.2) is 14.2 Å². The zero-order valence-electron chi connectivity index (χ0n) is 22.6. The molecule has 1 fully saturated rings. The highest BCUT2D eigenvalue weighted by molar-refractivity contribution is 5.86. The summed E-state index contributed by atoms with van der Waals surface area (Å²) in [4.78, 5) is 22.9. The summed E-state index contributed by atoms with van der Waals surface area (Å²) in [5.41, 5.74) is 1.46. The van der Waals surface area contributed by atoms with Crippen molar-refractivity contribution >= 4 is 11.7 Å². The number of carboxylic acids is 1. The number of piperidine rings is 1. The number of hydrogen-bond donors (Lipinski definition) is 1. The first-order valence-corrected chi connectivity index (χ1v) is 12.5. The molecule has 0 aromatic carbocycles. The Morgan fingerprint density at radius 1 is 1.16 bits per heavy atom. The van der Waals surface area contributed by atoms with Gasteiger partial charge in [0.1, 0.15) is 0 Å². The monoisotopic (exact) mass is 541 g/mol. The minimum Gasteiger partial charge on any atom is -0.479 e. The summed E-state index contributed by atoms with van der Waals surface area (Å²) in [5.74, 6) is -2.66. The number of rotatable bonds is 8. The van der Waals surface area contributed by atoms with Gasteiger partial charge < -0.3 is 19.5 Å². The van der Waals surface area contributed by atoms with Gasteiger partial charge in [0, 0.05) is 47.9 Å². The van der Waals surface area contributed by atoms with E-state index < -0.39 is 48.6 Å². The van der Waals surface area contributed by atoms with Crippen LogP contribution in [0.4, 0.5) is 23.2 Å². The van der Waals surface area contributed by atoms with Crippen LogP contribution in [0.15, 0.2) is 18.5 Å². The molecule has 0 amide bonds. The lowest BCUT2D eigenvalue weighted by Crippen LogP contribution is -2.39. The van der Waals surface area contributed by atoms with E-state index in [-0.39, 0.29) is 5.41 Å². The van der Waals surface area contributed by atoms with E-state index in [0.29, 0.717) is 41.2 Å². The number of hydrogen-bond acceptors (Lipinski definition) is 6. The normalized spacial score (nSPS) is 16.8. The van der Waals surface area contributed by atoms with Gasteiger partial charge in [0.2, 0.25) is 5.88 Å². The molecule has 0 radical (unpaired) electrons. The van der Waals surface area contributed by atoms with E-state index in [1.165, 1.54) is 12.4 Å². The minimum atomic E-state index is -4.44. The molecule has 1 atom stereocenters. The number of pyridine rings is 2. The number of carbonyl (C=O) groups is 1. The summed E-state index contributed by atoms with van der Waals surface area (Å²) in [6.07, 6.45) is -2.48. The Labute approximate surface area is 220 Å². The van der Waals surface area contributed by atoms with Crippen LogP contribution in [0.5, 0.6) is 5.88 Å². The summed E-state index contributed by atoms with van der Waals surface area (Å²) in [6.45, 7) is 11.8. The molecule has 1 N–H and O–H groups in total. The number of aryl methyl sites for hydroxylation is 1. The Balaban J connectivity index is 2.12. The molecule has 7 nitrogen and oxygen atoms in total. The average molecular weight is 542 g/mol. The lowest BCUT2D eigenvalue weighted by atomic mass is 9.82. The fourth-order valence-corrected chi connectivity index (χ4v) is 4.34. The van der Waals surface area contributed by atoms with Crippen LogP contribution in [0.25, 0.3) is 11.1 Å². The SMILES string of the molecule is Cc1ncc(-c2cnc(OCCC(F)(F)F)c(F)c2)c(N2CCC(C)(C)CC2)c1[C@H](OC(C)(C)C)C(=O)O. The predicted molar refractivity (Wildman–Crippen MR) is 135 cm³/mol. The minimum absolute atomic E-state index is 0.107. The van der Waals surface area contributed by atoms with E-state index in [0.717, 1.165) is 18.9 Å². The summed E-state index contributed by atoms with van der Waals surface area (Å²) >= 11 is 0. The highest BCUT2D eigenvalue weighted by Crippen LogP contribution is 2.43. The van der Waals surface area contributed by atoms with Crippen LogP contribution in [-0.2, 0) is 9.53 Å². The molecule has 0 bridgehead atoms. The maximum absolute atomic E-state index is 14.9. The van der Waals surface area contributed by atoms with E-state index in [4.69, 9.17) is 9.47 Å². The molecule has 0 unspecified atom stereocenters. The fraction of sp³-hybridized carbons (Fsp3) is 0.593. The molecule has 2 aromatic heterocycles. The van der Waals surface area contributed by atoms with E-state index in [9.17, 15) is 27.5 Å². The van der Waals surface area contributed by atoms with Crippen molar-refractivity contribution in [2.75, 3.05) is 24.6 Å². The van der Waals surface area contributed by atoms with Crippen molar-refractivity contribution in [2.45, 2.75) is 78.7 Å². The smallest absolute Gasteiger partial charge is 0.392 e. The zero-order chi connectivity index (χ0) is 28.5. The number of carboxylic acid groups (broad SMARTS) is 1. The molecule has 3 rings (SSSR count). The first-order valence-electron chi connectivity index (χ1n) is 12.5. The van der Waals surface area contributed by atoms with Crippen LogP contribution in [0.2, 0.25) is 0 Å². The topological polar surface area (TPSA) is 84.8 Å². The quantitative estimate of drug-likeness (QED) is 0.383. The molecule has 38 heavy (non-hydrogen) atoms. The van der Waals surface area contributed by atoms with Gasteiger partial charge in [-0.1, -0.05) is 13.8 Å². The molecule has 0 saturated carbocycles. The lowest BCUT2D eigenvalue weighted by Gasteiger charge is -2.40. The van der Waals surface area contributed by atoms with Crippen LogP contribution in [0, 0.1) is 18.2 Å². The molecule has 1 aliphatic rings. The van der Waals surface area contributed by atoms with E-state index in [2.05, 4.69) is 28.7 Å². The van der Waals surface area contributed by atoms with Gasteiger partial charge in [0.05, 0.1) is 24.3 Å². The molecular formula is C27H35F4N3O4. The second kappa shape index (κ2) is 11.0. The van der Waals surface area contributed by atoms with Crippen LogP contribution in [0.3, 0.4) is 0 Å². The van der Waals surface area contributed by atoms with Crippen molar-refractivity contribution in [1.29, 1.82) is 0 Å². The second-order valence-electron chi connectivity index (χ2n) is 11.3. The van der Waals surface area contributed by atoms with Crippen LogP contribution >= 0.6 is 0 Å². The van der Waals surface area contributed by atoms with Gasteiger partial charge in [-0.3, -0.25) is 4.98 Å². The molecule has 3 heterocycles. The number of ether oxygens (including phenoxy) is 2. The average Bonchev–Trinajstić information content (AvgIpc) is 2.77. The molecule has 2 aromatic rings. The standard InChI is InChI=1S/C27H35F4N3O4/c1-16-20(22(24(35)36)38-25(2,3)4)21(34-10-7-26(5,6)8-11-34)18(15-32-16)17-13-19(28)23(33-14-17)37-12-9-27(29,30)31/h13-15,22H,7-12H2,1-6H3,(H,35,36)/t22-/m0/s1. The molecule has 1 aliphatic heterocycles. The van der Waals surface area contributed by atoms with Crippen LogP contribution in [-0.4, -0.2) is 52.5 Å². The number of alkyl halides is 3. The first kappa shape index (κ1) is 29.6. The van der Waals surface area contributed by atoms with Crippen molar-refractivity contribution in [3.63, 3.8) is 0 Å². The Kier molecular flexibility index (Phi) is 8.60. The lowest BCUT2D eigenvalue weighted by molar-refractivity contribution is -0.160. The largest absolute Gasteiger partial charge is 0.479 e. The van der Waals surface area contributed by atoms with Crippen molar-refractivity contribution in [3.05, 3.63) is 35.5 Å². The van der Waals surface area contributed by atoms with Crippen LogP contribution in [0.1, 0.15) is 71.2 Å². The van der Waals surface area contributed by atoms with Gasteiger partial charge in [0.15, 0.2) is 11.9 Å². The number of nitrogens with zero attached hydrogens (tertiary/aromatic N) is 3. The summed E-state index contributed by atoms with van der Waals surface area (Å²) < 4.78 is 63.1. The number of aliphatic carboxylic acids is 1. The predicted octanol–water partition coefficient (Wildman–Crippen LogP) is 6.49. The summed E-state index contributed by atoms with van der Waals surface area (Å²) in [7, 11) is 0. The first-order chi connectivity index (χ1) is 17.5. The third kappa shape index (κ3) is 7.55. The van der Waals surface area contributed by atoms with Crippen LogP contribution < -0.4 is 9.64 Å². The number of aromatic nitrogens is 2. The molecule has 1 saturated heterocycles. The Morgan fingerprint density at radius 3 is 2.32 bits per heavy atom. The Hall–Kier alpha value is -2.95. The molecule has 0 aliphatic carbocycles. The fourth-order valence-electron chi connectivity index (χ4n) is 4.34. The second-order valence-corrected chi connectivity index (χ2v) is 11.3. The van der Waals surface area contributed by atoms with Crippen molar-refractivity contribution in [3.8, 4) is 17.0 Å². The van der Waals surface area contributed by atoms with Crippen molar-refractivity contribution < 1.29 is 36.9 Å². The maximum atomic E-state index is 14.9. The van der Waals surface area contributed by atoms with Gasteiger partial charge in [-0.05, 0) is 52.0 Å². The summed E-state index contributed by atoms with van der Waals surface area (Å²) in [5, 5.41) is 10.2. The highest BCUT2D eigenvalue weighted by atomic mass is 19.4. The van der Waals surface area contributed by atoms with E-state index in [1.807, 2.05) is 0 Å². The molecule has 11 heteroatoms. The third-order valence-electron chi connectivity index (χ3n) is 6.42. The molecule has 0 spiro atoms. The third-order valence-corrected chi connectivity index (χ3v) is 6.42. The van der Waals surface area contributed by atoms with Crippen molar-refractivity contribution in [1.82, 2.24) is 9.97 Å². The number of halogens is 4.